The second kappa shape index (κ2) is 8.34. The lowest BCUT2D eigenvalue weighted by Gasteiger charge is -2.34. The molecule has 7 nitrogen and oxygen atoms in total. The Balaban J connectivity index is 1.61. The zero-order valence-electron chi connectivity index (χ0n) is 17.8. The summed E-state index contributed by atoms with van der Waals surface area (Å²) in [5.41, 5.74) is 3.56. The Hall–Kier alpha value is -3.87. The Kier molecular flexibility index (Phi) is 5.23. The van der Waals surface area contributed by atoms with E-state index in [4.69, 9.17) is 4.74 Å². The largest absolute Gasteiger partial charge is 0.494 e. The summed E-state index contributed by atoms with van der Waals surface area (Å²) in [6.45, 7) is 2.44. The van der Waals surface area contributed by atoms with Crippen LogP contribution in [0.4, 0.5) is 11.5 Å². The fourth-order valence-electron chi connectivity index (χ4n) is 4.43. The van der Waals surface area contributed by atoms with Gasteiger partial charge in [-0.2, -0.15) is 5.10 Å². The van der Waals surface area contributed by atoms with Crippen LogP contribution in [-0.2, 0) is 4.79 Å². The molecule has 2 aromatic carbocycles. The fraction of sp³-hybridized carbons (Fsp3) is 0.240. The number of carbonyl (C=O) groups excluding carboxylic acids is 2. The van der Waals surface area contributed by atoms with Crippen LogP contribution in [0.5, 0.6) is 5.75 Å². The number of ether oxygens (including phenoxy) is 1. The first kappa shape index (κ1) is 20.1. The van der Waals surface area contributed by atoms with Gasteiger partial charge < -0.3 is 15.4 Å². The normalized spacial score (nSPS) is 17.3. The van der Waals surface area contributed by atoms with Crippen LogP contribution >= 0.6 is 0 Å². The van der Waals surface area contributed by atoms with E-state index in [1.807, 2.05) is 61.5 Å². The van der Waals surface area contributed by atoms with Gasteiger partial charge in [-0.3, -0.25) is 9.59 Å². The third-order valence-corrected chi connectivity index (χ3v) is 5.83. The number of para-hydroxylation sites is 2. The highest BCUT2D eigenvalue weighted by atomic mass is 16.5. The zero-order valence-corrected chi connectivity index (χ0v) is 17.8. The monoisotopic (exact) mass is 428 g/mol. The number of ketones is 1. The van der Waals surface area contributed by atoms with E-state index in [-0.39, 0.29) is 11.7 Å². The number of rotatable bonds is 5. The van der Waals surface area contributed by atoms with Gasteiger partial charge in [-0.25, -0.2) is 4.68 Å². The molecule has 162 valence electrons. The molecule has 3 aromatic rings. The SMILES string of the molecule is CCOc1ccccc1C1C2=C(CCCC2=O)Nc2c(C(=O)Nc3ccccc3)cnn21. The van der Waals surface area contributed by atoms with Gasteiger partial charge in [-0.1, -0.05) is 36.4 Å². The number of hydrogen-bond donors (Lipinski definition) is 2. The quantitative estimate of drug-likeness (QED) is 0.622. The Morgan fingerprint density at radius 3 is 2.75 bits per heavy atom. The van der Waals surface area contributed by atoms with Gasteiger partial charge in [0.1, 0.15) is 23.2 Å². The third-order valence-electron chi connectivity index (χ3n) is 5.83. The summed E-state index contributed by atoms with van der Waals surface area (Å²) in [6, 6.07) is 16.6. The first-order chi connectivity index (χ1) is 15.7. The van der Waals surface area contributed by atoms with Crippen LogP contribution in [0.1, 0.15) is 48.1 Å². The molecule has 0 saturated heterocycles. The summed E-state index contributed by atoms with van der Waals surface area (Å²) in [5.74, 6) is 1.14. The van der Waals surface area contributed by atoms with E-state index in [1.165, 1.54) is 0 Å². The van der Waals surface area contributed by atoms with Crippen molar-refractivity contribution in [3.05, 3.63) is 83.2 Å². The topological polar surface area (TPSA) is 85.2 Å². The minimum absolute atomic E-state index is 0.103. The van der Waals surface area contributed by atoms with Gasteiger partial charge in [-0.15, -0.1) is 0 Å². The predicted molar refractivity (Wildman–Crippen MR) is 122 cm³/mol. The lowest BCUT2D eigenvalue weighted by Crippen LogP contribution is -2.32. The van der Waals surface area contributed by atoms with Gasteiger partial charge in [0.05, 0.1) is 12.8 Å². The van der Waals surface area contributed by atoms with E-state index in [9.17, 15) is 9.59 Å². The molecular weight excluding hydrogens is 404 g/mol. The third kappa shape index (κ3) is 3.45. The van der Waals surface area contributed by atoms with Gasteiger partial charge in [0.25, 0.3) is 5.91 Å². The van der Waals surface area contributed by atoms with E-state index in [0.29, 0.717) is 41.4 Å². The summed E-state index contributed by atoms with van der Waals surface area (Å²) in [6.07, 6.45) is 3.59. The van der Waals surface area contributed by atoms with Crippen molar-refractivity contribution in [3.8, 4) is 5.75 Å². The molecule has 7 heteroatoms. The van der Waals surface area contributed by atoms with Crippen molar-refractivity contribution in [3.63, 3.8) is 0 Å². The number of hydrogen-bond acceptors (Lipinski definition) is 5. The molecular formula is C25H24N4O3. The molecule has 1 aromatic heterocycles. The molecule has 1 unspecified atom stereocenters. The number of anilines is 2. The number of Topliss-reactive ketones (excluding diaryl/α,β-unsaturated/α-hetero) is 1. The molecule has 5 rings (SSSR count). The lowest BCUT2D eigenvalue weighted by atomic mass is 9.85. The highest BCUT2D eigenvalue weighted by molar-refractivity contribution is 6.08. The lowest BCUT2D eigenvalue weighted by molar-refractivity contribution is -0.116. The molecule has 1 amide bonds. The minimum Gasteiger partial charge on any atom is -0.494 e. The molecule has 2 N–H and O–H groups in total. The number of aromatic nitrogens is 2. The van der Waals surface area contributed by atoms with Crippen molar-refractivity contribution >= 4 is 23.2 Å². The van der Waals surface area contributed by atoms with E-state index < -0.39 is 6.04 Å². The van der Waals surface area contributed by atoms with Crippen LogP contribution in [0.3, 0.4) is 0 Å². The summed E-state index contributed by atoms with van der Waals surface area (Å²) in [5, 5.41) is 10.8. The van der Waals surface area contributed by atoms with Crippen LogP contribution in [-0.4, -0.2) is 28.1 Å². The Labute approximate surface area is 186 Å². The maximum Gasteiger partial charge on any atom is 0.261 e. The van der Waals surface area contributed by atoms with Gasteiger partial charge in [0.2, 0.25) is 0 Å². The van der Waals surface area contributed by atoms with Gasteiger partial charge >= 0.3 is 0 Å². The van der Waals surface area contributed by atoms with Gasteiger partial charge in [0.15, 0.2) is 5.78 Å². The molecule has 2 aliphatic rings. The van der Waals surface area contributed by atoms with Crippen molar-refractivity contribution in [2.75, 3.05) is 17.2 Å². The average Bonchev–Trinajstić information content (AvgIpc) is 3.23. The van der Waals surface area contributed by atoms with Crippen LogP contribution in [0, 0.1) is 0 Å². The van der Waals surface area contributed by atoms with Crippen molar-refractivity contribution in [2.45, 2.75) is 32.2 Å². The summed E-state index contributed by atoms with van der Waals surface area (Å²) in [4.78, 5) is 26.1. The summed E-state index contributed by atoms with van der Waals surface area (Å²) >= 11 is 0. The highest BCUT2D eigenvalue weighted by Gasteiger charge is 2.38. The molecule has 0 saturated carbocycles. The first-order valence-corrected chi connectivity index (χ1v) is 10.9. The second-order valence-corrected chi connectivity index (χ2v) is 7.84. The number of allylic oxidation sites excluding steroid dienone is 2. The number of carbonyl (C=O) groups is 2. The molecule has 32 heavy (non-hydrogen) atoms. The molecule has 1 atom stereocenters. The molecule has 2 heterocycles. The molecule has 1 aliphatic carbocycles. The van der Waals surface area contributed by atoms with Crippen molar-refractivity contribution in [1.82, 2.24) is 9.78 Å². The highest BCUT2D eigenvalue weighted by Crippen LogP contribution is 2.44. The summed E-state index contributed by atoms with van der Waals surface area (Å²) in [7, 11) is 0. The number of amides is 1. The Bertz CT molecular complexity index is 1210. The summed E-state index contributed by atoms with van der Waals surface area (Å²) < 4.78 is 7.61. The zero-order chi connectivity index (χ0) is 22.1. The standard InChI is InChI=1S/C25H24N4O3/c1-2-32-21-14-7-6-11-17(21)23-22-19(12-8-13-20(22)30)28-24-18(15-26-29(23)24)25(31)27-16-9-4-3-5-10-16/h3-7,9-11,14-15,23,28H,2,8,12-13H2,1H3,(H,27,31). The maximum atomic E-state index is 13.1. The van der Waals surface area contributed by atoms with Crippen LogP contribution in [0.25, 0.3) is 0 Å². The van der Waals surface area contributed by atoms with Gasteiger partial charge in [-0.05, 0) is 38.0 Å². The smallest absolute Gasteiger partial charge is 0.261 e. The van der Waals surface area contributed by atoms with E-state index in [2.05, 4.69) is 15.7 Å². The van der Waals surface area contributed by atoms with Gasteiger partial charge in [0, 0.05) is 28.9 Å². The van der Waals surface area contributed by atoms with E-state index >= 15 is 0 Å². The molecule has 0 bridgehead atoms. The predicted octanol–water partition coefficient (Wildman–Crippen LogP) is 4.56. The van der Waals surface area contributed by atoms with Crippen LogP contribution in [0.2, 0.25) is 0 Å². The van der Waals surface area contributed by atoms with Crippen LogP contribution < -0.4 is 15.4 Å². The molecule has 0 fully saturated rings. The molecule has 0 radical (unpaired) electrons. The van der Waals surface area contributed by atoms with E-state index in [1.54, 1.807) is 10.9 Å². The molecule has 0 spiro atoms. The van der Waals surface area contributed by atoms with Crippen molar-refractivity contribution < 1.29 is 14.3 Å². The number of nitrogens with one attached hydrogen (secondary N) is 2. The minimum atomic E-state index is -0.449. The van der Waals surface area contributed by atoms with E-state index in [0.717, 1.165) is 24.1 Å². The Morgan fingerprint density at radius 2 is 1.94 bits per heavy atom. The van der Waals surface area contributed by atoms with Crippen molar-refractivity contribution in [1.29, 1.82) is 0 Å². The maximum absolute atomic E-state index is 13.1. The first-order valence-electron chi connectivity index (χ1n) is 10.9. The van der Waals surface area contributed by atoms with Crippen molar-refractivity contribution in [2.24, 2.45) is 0 Å². The number of nitrogens with zero attached hydrogens (tertiary/aromatic N) is 2. The number of benzene rings is 2. The molecule has 1 aliphatic heterocycles. The number of fused-ring (bicyclic) bond motifs is 1. The second-order valence-electron chi connectivity index (χ2n) is 7.84. The average molecular weight is 428 g/mol. The fourth-order valence-corrected chi connectivity index (χ4v) is 4.43. The van der Waals surface area contributed by atoms with Crippen LogP contribution in [0.15, 0.2) is 72.1 Å². The Morgan fingerprint density at radius 1 is 1.16 bits per heavy atom.